The quantitative estimate of drug-likeness (QED) is 0.808. The van der Waals surface area contributed by atoms with Crippen LogP contribution in [0.3, 0.4) is 0 Å². The number of amides is 1. The van der Waals surface area contributed by atoms with Crippen molar-refractivity contribution >= 4 is 17.4 Å². The van der Waals surface area contributed by atoms with Crippen LogP contribution < -0.4 is 11.1 Å². The highest BCUT2D eigenvalue weighted by Gasteiger charge is 2.33. The number of carbonyl (C=O) groups excluding carboxylic acids is 1. The average molecular weight is 325 g/mol. The van der Waals surface area contributed by atoms with Crippen molar-refractivity contribution in [2.75, 3.05) is 13.1 Å². The van der Waals surface area contributed by atoms with Crippen molar-refractivity contribution in [3.05, 3.63) is 22.4 Å². The summed E-state index contributed by atoms with van der Waals surface area (Å²) >= 11 is 1.71. The summed E-state index contributed by atoms with van der Waals surface area (Å²) in [6.07, 6.45) is 2.05. The standard InChI is InChI=1S/C16H27N3O2S/c1-16(2,3)21-15(20)18-9-14(8-17)19(13-4-5-13)10-12-6-7-22-11-12/h6-7,11,13-14H,4-5,8-10,17H2,1-3H3,(H,18,20). The molecule has 1 aliphatic rings. The Hall–Kier alpha value is -1.11. The number of hydrogen-bond acceptors (Lipinski definition) is 5. The van der Waals surface area contributed by atoms with E-state index in [2.05, 4.69) is 27.0 Å². The van der Waals surface area contributed by atoms with Crippen molar-refractivity contribution in [2.45, 2.75) is 57.8 Å². The van der Waals surface area contributed by atoms with Crippen molar-refractivity contribution in [2.24, 2.45) is 5.73 Å². The van der Waals surface area contributed by atoms with Gasteiger partial charge >= 0.3 is 6.09 Å². The summed E-state index contributed by atoms with van der Waals surface area (Å²) in [5.41, 5.74) is 6.79. The molecule has 1 aromatic heterocycles. The van der Waals surface area contributed by atoms with Gasteiger partial charge in [-0.2, -0.15) is 11.3 Å². The van der Waals surface area contributed by atoms with Gasteiger partial charge in [-0.05, 0) is 56.0 Å². The molecule has 0 aliphatic heterocycles. The van der Waals surface area contributed by atoms with Gasteiger partial charge in [0.25, 0.3) is 0 Å². The lowest BCUT2D eigenvalue weighted by molar-refractivity contribution is 0.0504. The second-order valence-electron chi connectivity index (χ2n) is 6.81. The second-order valence-corrected chi connectivity index (χ2v) is 7.59. The highest BCUT2D eigenvalue weighted by molar-refractivity contribution is 7.07. The molecule has 124 valence electrons. The third kappa shape index (κ3) is 5.59. The van der Waals surface area contributed by atoms with E-state index in [-0.39, 0.29) is 12.1 Å². The maximum Gasteiger partial charge on any atom is 0.407 e. The van der Waals surface area contributed by atoms with Crippen LogP contribution in [0, 0.1) is 0 Å². The smallest absolute Gasteiger partial charge is 0.407 e. The molecule has 3 N–H and O–H groups in total. The number of thiophene rings is 1. The average Bonchev–Trinajstić information content (AvgIpc) is 3.13. The first kappa shape index (κ1) is 17.2. The van der Waals surface area contributed by atoms with Crippen LogP contribution in [0.25, 0.3) is 0 Å². The summed E-state index contributed by atoms with van der Waals surface area (Å²) in [5.74, 6) is 0. The molecule has 1 aromatic rings. The normalized spacial score (nSPS) is 16.6. The van der Waals surface area contributed by atoms with Crippen molar-refractivity contribution < 1.29 is 9.53 Å². The zero-order chi connectivity index (χ0) is 16.2. The predicted molar refractivity (Wildman–Crippen MR) is 90.0 cm³/mol. The lowest BCUT2D eigenvalue weighted by Crippen LogP contribution is -2.49. The minimum atomic E-state index is -0.477. The third-order valence-corrected chi connectivity index (χ3v) is 4.32. The van der Waals surface area contributed by atoms with Crippen LogP contribution >= 0.6 is 11.3 Å². The molecule has 0 bridgehead atoms. The Labute approximate surface area is 136 Å². The van der Waals surface area contributed by atoms with Crippen LogP contribution in [0.1, 0.15) is 39.2 Å². The van der Waals surface area contributed by atoms with Gasteiger partial charge in [-0.1, -0.05) is 0 Å². The number of rotatable bonds is 7. The predicted octanol–water partition coefficient (Wildman–Crippen LogP) is 2.56. The van der Waals surface area contributed by atoms with Crippen molar-refractivity contribution in [3.63, 3.8) is 0 Å². The molecule has 1 aliphatic carbocycles. The first-order chi connectivity index (χ1) is 10.4. The SMILES string of the molecule is CC(C)(C)OC(=O)NCC(CN)N(Cc1ccsc1)C1CC1. The van der Waals surface area contributed by atoms with E-state index in [1.165, 1.54) is 18.4 Å². The minimum absolute atomic E-state index is 0.139. The van der Waals surface area contributed by atoms with E-state index in [0.717, 1.165) is 6.54 Å². The summed E-state index contributed by atoms with van der Waals surface area (Å²) in [4.78, 5) is 14.2. The van der Waals surface area contributed by atoms with Gasteiger partial charge in [0.2, 0.25) is 0 Å². The number of carbonyl (C=O) groups is 1. The van der Waals surface area contributed by atoms with Gasteiger partial charge in [0, 0.05) is 31.7 Å². The van der Waals surface area contributed by atoms with Gasteiger partial charge < -0.3 is 15.8 Å². The van der Waals surface area contributed by atoms with E-state index in [4.69, 9.17) is 10.5 Å². The number of alkyl carbamates (subject to hydrolysis) is 1. The largest absolute Gasteiger partial charge is 0.444 e. The van der Waals surface area contributed by atoms with E-state index in [1.54, 1.807) is 11.3 Å². The highest BCUT2D eigenvalue weighted by atomic mass is 32.1. The Morgan fingerprint density at radius 1 is 1.55 bits per heavy atom. The van der Waals surface area contributed by atoms with Gasteiger partial charge in [0.1, 0.15) is 5.60 Å². The molecular formula is C16H27N3O2S. The molecule has 5 nitrogen and oxygen atoms in total. The Morgan fingerprint density at radius 2 is 2.27 bits per heavy atom. The number of ether oxygens (including phenoxy) is 1. The molecule has 1 unspecified atom stereocenters. The van der Waals surface area contributed by atoms with Crippen molar-refractivity contribution in [1.29, 1.82) is 0 Å². The fourth-order valence-electron chi connectivity index (χ4n) is 2.41. The monoisotopic (exact) mass is 325 g/mol. The molecule has 1 amide bonds. The number of nitrogens with two attached hydrogens (primary N) is 1. The fourth-order valence-corrected chi connectivity index (χ4v) is 3.07. The summed E-state index contributed by atoms with van der Waals surface area (Å²) in [6, 6.07) is 2.88. The zero-order valence-corrected chi connectivity index (χ0v) is 14.5. The Morgan fingerprint density at radius 3 is 2.77 bits per heavy atom. The molecule has 0 aromatic carbocycles. The van der Waals surface area contributed by atoms with Crippen LogP contribution in [-0.2, 0) is 11.3 Å². The van der Waals surface area contributed by atoms with Crippen molar-refractivity contribution in [1.82, 2.24) is 10.2 Å². The van der Waals surface area contributed by atoms with Gasteiger partial charge in [-0.15, -0.1) is 0 Å². The highest BCUT2D eigenvalue weighted by Crippen LogP contribution is 2.30. The molecule has 1 heterocycles. The number of nitrogens with zero attached hydrogens (tertiary/aromatic N) is 1. The van der Waals surface area contributed by atoms with Crippen LogP contribution in [0.5, 0.6) is 0 Å². The zero-order valence-electron chi connectivity index (χ0n) is 13.7. The number of hydrogen-bond donors (Lipinski definition) is 2. The van der Waals surface area contributed by atoms with E-state index in [1.807, 2.05) is 20.8 Å². The molecule has 6 heteroatoms. The summed E-state index contributed by atoms with van der Waals surface area (Å²) < 4.78 is 5.29. The minimum Gasteiger partial charge on any atom is -0.444 e. The van der Waals surface area contributed by atoms with E-state index in [9.17, 15) is 4.79 Å². The first-order valence-electron chi connectivity index (χ1n) is 7.83. The van der Waals surface area contributed by atoms with Gasteiger partial charge in [0.15, 0.2) is 0 Å². The second kappa shape index (κ2) is 7.44. The van der Waals surface area contributed by atoms with Crippen LogP contribution in [-0.4, -0.2) is 41.8 Å². The van der Waals surface area contributed by atoms with Gasteiger partial charge in [0.05, 0.1) is 0 Å². The topological polar surface area (TPSA) is 67.6 Å². The maximum absolute atomic E-state index is 11.8. The van der Waals surface area contributed by atoms with Crippen LogP contribution in [0.2, 0.25) is 0 Å². The molecule has 0 spiro atoms. The van der Waals surface area contributed by atoms with Crippen LogP contribution in [0.4, 0.5) is 4.79 Å². The maximum atomic E-state index is 11.8. The molecule has 1 fully saturated rings. The summed E-state index contributed by atoms with van der Waals surface area (Å²) in [7, 11) is 0. The Balaban J connectivity index is 1.89. The fraction of sp³-hybridized carbons (Fsp3) is 0.688. The third-order valence-electron chi connectivity index (χ3n) is 3.58. The van der Waals surface area contributed by atoms with E-state index >= 15 is 0 Å². The van der Waals surface area contributed by atoms with Gasteiger partial charge in [-0.25, -0.2) is 4.79 Å². The van der Waals surface area contributed by atoms with Gasteiger partial charge in [-0.3, -0.25) is 4.90 Å². The lowest BCUT2D eigenvalue weighted by Gasteiger charge is -2.31. The Kier molecular flexibility index (Phi) is 5.83. The summed E-state index contributed by atoms with van der Waals surface area (Å²) in [6.45, 7) is 7.52. The molecule has 1 atom stereocenters. The summed E-state index contributed by atoms with van der Waals surface area (Å²) in [5, 5.41) is 7.12. The van der Waals surface area contributed by atoms with Crippen LogP contribution in [0.15, 0.2) is 16.8 Å². The number of nitrogens with one attached hydrogen (secondary N) is 1. The molecule has 1 saturated carbocycles. The van der Waals surface area contributed by atoms with E-state index < -0.39 is 5.60 Å². The molecule has 22 heavy (non-hydrogen) atoms. The van der Waals surface area contributed by atoms with Crippen molar-refractivity contribution in [3.8, 4) is 0 Å². The lowest BCUT2D eigenvalue weighted by atomic mass is 10.2. The first-order valence-corrected chi connectivity index (χ1v) is 8.77. The van der Waals surface area contributed by atoms with E-state index in [0.29, 0.717) is 19.1 Å². The molecule has 0 saturated heterocycles. The Bertz CT molecular complexity index is 466. The molecule has 0 radical (unpaired) electrons. The molecular weight excluding hydrogens is 298 g/mol. The molecule has 2 rings (SSSR count).